The Kier molecular flexibility index (Phi) is 6.47. The predicted molar refractivity (Wildman–Crippen MR) is 67.8 cm³/mol. The van der Waals surface area contributed by atoms with Crippen molar-refractivity contribution in [3.63, 3.8) is 0 Å². The molecule has 100 valence electrons. The summed E-state index contributed by atoms with van der Waals surface area (Å²) in [5.41, 5.74) is 5.64. The van der Waals surface area contributed by atoms with Gasteiger partial charge in [0, 0.05) is 45.4 Å². The average molecular weight is 243 g/mol. The van der Waals surface area contributed by atoms with Crippen LogP contribution in [0.4, 0.5) is 0 Å². The molecule has 0 radical (unpaired) electrons. The molecule has 0 aromatic carbocycles. The van der Waals surface area contributed by atoms with Crippen molar-refractivity contribution in [2.24, 2.45) is 5.73 Å². The molecular formula is C12H25N3O2. The van der Waals surface area contributed by atoms with Gasteiger partial charge in [-0.3, -0.25) is 9.69 Å². The first kappa shape index (κ1) is 14.4. The quantitative estimate of drug-likeness (QED) is 0.662. The maximum atomic E-state index is 11.8. The fraction of sp³-hybridized carbons (Fsp3) is 0.917. The summed E-state index contributed by atoms with van der Waals surface area (Å²) in [4.78, 5) is 16.0. The SMILES string of the molecule is CCCOCC(=O)N1CCN(C(C)CN)CC1. The molecule has 5 nitrogen and oxygen atoms in total. The molecule has 1 unspecified atom stereocenters. The molecule has 1 aliphatic heterocycles. The first-order valence-corrected chi connectivity index (χ1v) is 6.48. The maximum absolute atomic E-state index is 11.8. The van der Waals surface area contributed by atoms with E-state index in [1.807, 2.05) is 11.8 Å². The Morgan fingerprint density at radius 1 is 1.35 bits per heavy atom. The van der Waals surface area contributed by atoms with Crippen molar-refractivity contribution in [2.75, 3.05) is 45.9 Å². The molecule has 0 saturated carbocycles. The van der Waals surface area contributed by atoms with Crippen LogP contribution in [0.15, 0.2) is 0 Å². The summed E-state index contributed by atoms with van der Waals surface area (Å²) in [6.45, 7) is 9.14. The summed E-state index contributed by atoms with van der Waals surface area (Å²) in [5.74, 6) is 0.110. The van der Waals surface area contributed by atoms with E-state index in [2.05, 4.69) is 11.8 Å². The predicted octanol–water partition coefficient (Wildman–Crippen LogP) is -0.0956. The van der Waals surface area contributed by atoms with Gasteiger partial charge in [0.1, 0.15) is 6.61 Å². The minimum absolute atomic E-state index is 0.110. The topological polar surface area (TPSA) is 58.8 Å². The minimum atomic E-state index is 0.110. The Morgan fingerprint density at radius 2 is 2.00 bits per heavy atom. The van der Waals surface area contributed by atoms with Crippen LogP contribution in [0, 0.1) is 0 Å². The second-order valence-corrected chi connectivity index (χ2v) is 4.55. The van der Waals surface area contributed by atoms with E-state index in [4.69, 9.17) is 10.5 Å². The van der Waals surface area contributed by atoms with E-state index >= 15 is 0 Å². The Morgan fingerprint density at radius 3 is 2.53 bits per heavy atom. The standard InChI is InChI=1S/C12H25N3O2/c1-3-8-17-10-12(16)15-6-4-14(5-7-15)11(2)9-13/h11H,3-10,13H2,1-2H3. The maximum Gasteiger partial charge on any atom is 0.248 e. The smallest absolute Gasteiger partial charge is 0.248 e. The first-order chi connectivity index (χ1) is 8.19. The van der Waals surface area contributed by atoms with Crippen LogP contribution >= 0.6 is 0 Å². The number of carbonyl (C=O) groups excluding carboxylic acids is 1. The molecule has 2 N–H and O–H groups in total. The Balaban J connectivity index is 2.24. The molecule has 0 bridgehead atoms. The fourth-order valence-electron chi connectivity index (χ4n) is 1.96. The van der Waals surface area contributed by atoms with Gasteiger partial charge in [0.15, 0.2) is 0 Å². The summed E-state index contributed by atoms with van der Waals surface area (Å²) in [5, 5.41) is 0. The number of ether oxygens (including phenoxy) is 1. The molecule has 1 fully saturated rings. The van der Waals surface area contributed by atoms with E-state index < -0.39 is 0 Å². The Bertz CT molecular complexity index is 228. The summed E-state index contributed by atoms with van der Waals surface area (Å²) in [6, 6.07) is 0.406. The van der Waals surface area contributed by atoms with Gasteiger partial charge in [-0.1, -0.05) is 6.92 Å². The van der Waals surface area contributed by atoms with Gasteiger partial charge in [-0.2, -0.15) is 0 Å². The van der Waals surface area contributed by atoms with Crippen LogP contribution in [-0.4, -0.2) is 67.7 Å². The van der Waals surface area contributed by atoms with Gasteiger partial charge in [0.05, 0.1) is 0 Å². The van der Waals surface area contributed by atoms with Crippen LogP contribution in [-0.2, 0) is 9.53 Å². The van der Waals surface area contributed by atoms with Crippen LogP contribution in [0.5, 0.6) is 0 Å². The van der Waals surface area contributed by atoms with Crippen molar-refractivity contribution >= 4 is 5.91 Å². The Hall–Kier alpha value is -0.650. The van der Waals surface area contributed by atoms with E-state index in [0.29, 0.717) is 19.2 Å². The third kappa shape index (κ3) is 4.61. The van der Waals surface area contributed by atoms with Crippen molar-refractivity contribution in [2.45, 2.75) is 26.3 Å². The third-order valence-corrected chi connectivity index (χ3v) is 3.21. The van der Waals surface area contributed by atoms with Gasteiger partial charge in [0.2, 0.25) is 5.91 Å². The summed E-state index contributed by atoms with van der Waals surface area (Å²) >= 11 is 0. The second kappa shape index (κ2) is 7.63. The van der Waals surface area contributed by atoms with Gasteiger partial charge >= 0.3 is 0 Å². The second-order valence-electron chi connectivity index (χ2n) is 4.55. The van der Waals surface area contributed by atoms with Crippen LogP contribution in [0.3, 0.4) is 0 Å². The lowest BCUT2D eigenvalue weighted by Crippen LogP contribution is -2.53. The van der Waals surface area contributed by atoms with E-state index in [0.717, 1.165) is 32.6 Å². The molecule has 0 aromatic rings. The molecule has 5 heteroatoms. The van der Waals surface area contributed by atoms with Crippen LogP contribution in [0.25, 0.3) is 0 Å². The highest BCUT2D eigenvalue weighted by Crippen LogP contribution is 2.06. The number of hydrogen-bond donors (Lipinski definition) is 1. The molecule has 0 spiro atoms. The van der Waals surface area contributed by atoms with Gasteiger partial charge in [-0.15, -0.1) is 0 Å². The summed E-state index contributed by atoms with van der Waals surface area (Å²) in [6.07, 6.45) is 0.953. The van der Waals surface area contributed by atoms with Crippen molar-refractivity contribution < 1.29 is 9.53 Å². The zero-order valence-corrected chi connectivity index (χ0v) is 11.0. The molecule has 1 amide bonds. The third-order valence-electron chi connectivity index (χ3n) is 3.21. The number of nitrogens with zero attached hydrogens (tertiary/aromatic N) is 2. The molecule has 0 aromatic heterocycles. The lowest BCUT2D eigenvalue weighted by atomic mass is 10.2. The highest BCUT2D eigenvalue weighted by molar-refractivity contribution is 5.77. The molecular weight excluding hydrogens is 218 g/mol. The number of hydrogen-bond acceptors (Lipinski definition) is 4. The average Bonchev–Trinajstić information content (AvgIpc) is 2.38. The minimum Gasteiger partial charge on any atom is -0.372 e. The van der Waals surface area contributed by atoms with Crippen molar-refractivity contribution in [1.29, 1.82) is 0 Å². The van der Waals surface area contributed by atoms with E-state index in [-0.39, 0.29) is 12.5 Å². The van der Waals surface area contributed by atoms with Crippen molar-refractivity contribution in [1.82, 2.24) is 9.80 Å². The molecule has 1 atom stereocenters. The van der Waals surface area contributed by atoms with Gasteiger partial charge in [-0.25, -0.2) is 0 Å². The highest BCUT2D eigenvalue weighted by Gasteiger charge is 2.23. The van der Waals surface area contributed by atoms with Crippen molar-refractivity contribution in [3.05, 3.63) is 0 Å². The lowest BCUT2D eigenvalue weighted by molar-refractivity contribution is -0.138. The number of rotatable bonds is 6. The van der Waals surface area contributed by atoms with Crippen LogP contribution in [0.2, 0.25) is 0 Å². The number of carbonyl (C=O) groups is 1. The zero-order chi connectivity index (χ0) is 12.7. The van der Waals surface area contributed by atoms with Gasteiger partial charge < -0.3 is 15.4 Å². The molecule has 1 rings (SSSR count). The van der Waals surface area contributed by atoms with Crippen LogP contribution < -0.4 is 5.73 Å². The summed E-state index contributed by atoms with van der Waals surface area (Å²) in [7, 11) is 0. The number of amides is 1. The monoisotopic (exact) mass is 243 g/mol. The van der Waals surface area contributed by atoms with Gasteiger partial charge in [0.25, 0.3) is 0 Å². The normalized spacial score (nSPS) is 19.4. The van der Waals surface area contributed by atoms with Crippen LogP contribution in [0.1, 0.15) is 20.3 Å². The van der Waals surface area contributed by atoms with Gasteiger partial charge in [-0.05, 0) is 13.3 Å². The lowest BCUT2D eigenvalue weighted by Gasteiger charge is -2.37. The summed E-state index contributed by atoms with van der Waals surface area (Å²) < 4.78 is 5.27. The largest absolute Gasteiger partial charge is 0.372 e. The molecule has 17 heavy (non-hydrogen) atoms. The Labute approximate surface area is 104 Å². The number of piperazine rings is 1. The molecule has 1 aliphatic rings. The first-order valence-electron chi connectivity index (χ1n) is 6.48. The molecule has 1 saturated heterocycles. The fourth-order valence-corrected chi connectivity index (χ4v) is 1.96. The van der Waals surface area contributed by atoms with E-state index in [1.54, 1.807) is 0 Å². The molecule has 1 heterocycles. The van der Waals surface area contributed by atoms with E-state index in [1.165, 1.54) is 0 Å². The zero-order valence-electron chi connectivity index (χ0n) is 11.0. The van der Waals surface area contributed by atoms with E-state index in [9.17, 15) is 4.79 Å². The highest BCUT2D eigenvalue weighted by atomic mass is 16.5. The van der Waals surface area contributed by atoms with Crippen molar-refractivity contribution in [3.8, 4) is 0 Å². The molecule has 0 aliphatic carbocycles. The number of nitrogens with two attached hydrogens (primary N) is 1.